The Morgan fingerprint density at radius 3 is 2.48 bits per heavy atom. The Bertz CT molecular complexity index is 876. The van der Waals surface area contributed by atoms with Crippen LogP contribution in [0.4, 0.5) is 0 Å². The van der Waals surface area contributed by atoms with Gasteiger partial charge in [-0.1, -0.05) is 18.2 Å². The van der Waals surface area contributed by atoms with Crippen LogP contribution in [0.3, 0.4) is 0 Å². The fraction of sp³-hybridized carbons (Fsp3) is 0.333. The van der Waals surface area contributed by atoms with Crippen LogP contribution < -0.4 is 10.6 Å². The first-order valence-corrected chi connectivity index (χ1v) is 9.85. The monoisotopic (exact) mass is 393 g/mol. The molecule has 0 bridgehead atoms. The molecule has 2 rings (SSSR count). The van der Waals surface area contributed by atoms with Gasteiger partial charge in [0, 0.05) is 33.6 Å². The highest BCUT2D eigenvalue weighted by Crippen LogP contribution is 2.18. The highest BCUT2D eigenvalue weighted by atomic mass is 32.2. The maximum absolute atomic E-state index is 12.3. The molecular weight excluding hydrogens is 370 g/mol. The number of carbonyl (C=O) groups is 2. The molecule has 2 amide bonds. The number of sulfonamides is 1. The highest BCUT2D eigenvalue weighted by Gasteiger charge is 2.20. The van der Waals surface area contributed by atoms with E-state index in [2.05, 4.69) is 10.6 Å². The van der Waals surface area contributed by atoms with Crippen molar-refractivity contribution in [1.82, 2.24) is 14.9 Å². The summed E-state index contributed by atoms with van der Waals surface area (Å²) in [6.45, 7) is 0.444. The van der Waals surface area contributed by atoms with Crippen molar-refractivity contribution < 1.29 is 22.4 Å². The molecule has 0 atom stereocenters. The molecule has 0 fully saturated rings. The average Bonchev–Trinajstić information content (AvgIpc) is 3.18. The standard InChI is InChI=1S/C18H23N3O5S/c1-21(2)27(24,25)16-9-4-3-7-14(16)13-20-17(22)10-5-11-19-18(23)15-8-6-12-26-15/h3-4,6-9,12H,5,10-11,13H2,1-2H3,(H,19,23)(H,20,22). The first-order chi connectivity index (χ1) is 12.8. The lowest BCUT2D eigenvalue weighted by Gasteiger charge is -2.15. The predicted octanol–water partition coefficient (Wildman–Crippen LogP) is 1.36. The van der Waals surface area contributed by atoms with Gasteiger partial charge in [-0.05, 0) is 30.2 Å². The quantitative estimate of drug-likeness (QED) is 0.625. The molecular formula is C18H23N3O5S. The number of nitrogens with zero attached hydrogens (tertiary/aromatic N) is 1. The molecule has 27 heavy (non-hydrogen) atoms. The van der Waals surface area contributed by atoms with Gasteiger partial charge in [-0.2, -0.15) is 0 Å². The van der Waals surface area contributed by atoms with E-state index in [0.717, 1.165) is 4.31 Å². The molecule has 2 N–H and O–H groups in total. The Morgan fingerprint density at radius 1 is 1.07 bits per heavy atom. The molecule has 0 radical (unpaired) electrons. The summed E-state index contributed by atoms with van der Waals surface area (Å²) in [6, 6.07) is 9.73. The van der Waals surface area contributed by atoms with Crippen LogP contribution in [0.15, 0.2) is 52.0 Å². The van der Waals surface area contributed by atoms with E-state index < -0.39 is 10.0 Å². The SMILES string of the molecule is CN(C)S(=O)(=O)c1ccccc1CNC(=O)CCCNC(=O)c1ccco1. The van der Waals surface area contributed by atoms with Crippen LogP contribution in [-0.2, 0) is 21.4 Å². The van der Waals surface area contributed by atoms with E-state index in [0.29, 0.717) is 18.5 Å². The zero-order valence-corrected chi connectivity index (χ0v) is 16.1. The number of nitrogens with one attached hydrogen (secondary N) is 2. The summed E-state index contributed by atoms with van der Waals surface area (Å²) in [5.41, 5.74) is 0.519. The molecule has 2 aromatic rings. The van der Waals surface area contributed by atoms with Crippen LogP contribution in [0.5, 0.6) is 0 Å². The fourth-order valence-electron chi connectivity index (χ4n) is 2.33. The van der Waals surface area contributed by atoms with Crippen molar-refractivity contribution in [3.63, 3.8) is 0 Å². The molecule has 0 saturated heterocycles. The Morgan fingerprint density at radius 2 is 1.81 bits per heavy atom. The van der Waals surface area contributed by atoms with Crippen molar-refractivity contribution in [2.45, 2.75) is 24.3 Å². The number of furan rings is 1. The van der Waals surface area contributed by atoms with Gasteiger partial charge in [-0.25, -0.2) is 12.7 Å². The van der Waals surface area contributed by atoms with Crippen LogP contribution in [-0.4, -0.2) is 45.2 Å². The minimum atomic E-state index is -3.58. The lowest BCUT2D eigenvalue weighted by molar-refractivity contribution is -0.121. The molecule has 1 heterocycles. The van der Waals surface area contributed by atoms with E-state index in [9.17, 15) is 18.0 Å². The average molecular weight is 393 g/mol. The summed E-state index contributed by atoms with van der Waals surface area (Å²) in [5, 5.41) is 5.37. The zero-order valence-electron chi connectivity index (χ0n) is 15.3. The van der Waals surface area contributed by atoms with Crippen molar-refractivity contribution in [1.29, 1.82) is 0 Å². The van der Waals surface area contributed by atoms with Crippen LogP contribution >= 0.6 is 0 Å². The second-order valence-corrected chi connectivity index (χ2v) is 8.13. The zero-order chi connectivity index (χ0) is 19.9. The van der Waals surface area contributed by atoms with Crippen molar-refractivity contribution in [3.05, 3.63) is 54.0 Å². The van der Waals surface area contributed by atoms with Gasteiger partial charge in [0.1, 0.15) is 0 Å². The molecule has 1 aromatic heterocycles. The topological polar surface area (TPSA) is 109 Å². The number of rotatable bonds is 9. The van der Waals surface area contributed by atoms with Gasteiger partial charge in [-0.3, -0.25) is 9.59 Å². The third-order valence-electron chi connectivity index (χ3n) is 3.82. The Kier molecular flexibility index (Phi) is 7.14. The van der Waals surface area contributed by atoms with Crippen LogP contribution in [0.1, 0.15) is 29.0 Å². The number of hydrogen-bond acceptors (Lipinski definition) is 5. The molecule has 146 valence electrons. The molecule has 0 unspecified atom stereocenters. The molecule has 0 aliphatic heterocycles. The van der Waals surface area contributed by atoms with Gasteiger partial charge in [0.25, 0.3) is 5.91 Å². The molecule has 0 spiro atoms. The van der Waals surface area contributed by atoms with E-state index in [1.165, 1.54) is 26.4 Å². The van der Waals surface area contributed by atoms with E-state index in [1.807, 2.05) is 0 Å². The fourth-order valence-corrected chi connectivity index (χ4v) is 3.44. The lowest BCUT2D eigenvalue weighted by Crippen LogP contribution is -2.28. The third kappa shape index (κ3) is 5.66. The summed E-state index contributed by atoms with van der Waals surface area (Å²) in [5.74, 6) is -0.333. The minimum absolute atomic E-state index is 0.112. The van der Waals surface area contributed by atoms with E-state index in [4.69, 9.17) is 4.42 Å². The van der Waals surface area contributed by atoms with Crippen LogP contribution in [0, 0.1) is 0 Å². The molecule has 0 aliphatic rings. The third-order valence-corrected chi connectivity index (χ3v) is 5.73. The Hall–Kier alpha value is -2.65. The van der Waals surface area contributed by atoms with Crippen LogP contribution in [0.25, 0.3) is 0 Å². The van der Waals surface area contributed by atoms with Crippen molar-refractivity contribution in [2.24, 2.45) is 0 Å². The van der Waals surface area contributed by atoms with E-state index in [1.54, 1.807) is 30.3 Å². The van der Waals surface area contributed by atoms with E-state index >= 15 is 0 Å². The van der Waals surface area contributed by atoms with Crippen LogP contribution in [0.2, 0.25) is 0 Å². The van der Waals surface area contributed by atoms with Gasteiger partial charge in [0.05, 0.1) is 11.2 Å². The van der Waals surface area contributed by atoms with Gasteiger partial charge in [-0.15, -0.1) is 0 Å². The predicted molar refractivity (Wildman–Crippen MR) is 99.4 cm³/mol. The molecule has 0 saturated carbocycles. The summed E-state index contributed by atoms with van der Waals surface area (Å²) in [7, 11) is -0.662. The normalized spacial score (nSPS) is 11.4. The van der Waals surface area contributed by atoms with Gasteiger partial charge >= 0.3 is 0 Å². The molecule has 9 heteroatoms. The lowest BCUT2D eigenvalue weighted by atomic mass is 10.2. The summed E-state index contributed by atoms with van der Waals surface area (Å²) in [4.78, 5) is 23.8. The minimum Gasteiger partial charge on any atom is -0.459 e. The Labute approximate surface area is 158 Å². The van der Waals surface area contributed by atoms with Gasteiger partial charge in [0.2, 0.25) is 15.9 Å². The first-order valence-electron chi connectivity index (χ1n) is 8.41. The molecule has 1 aromatic carbocycles. The van der Waals surface area contributed by atoms with Gasteiger partial charge < -0.3 is 15.1 Å². The van der Waals surface area contributed by atoms with Crippen molar-refractivity contribution in [2.75, 3.05) is 20.6 Å². The first kappa shape index (κ1) is 20.7. The highest BCUT2D eigenvalue weighted by molar-refractivity contribution is 7.89. The second-order valence-electron chi connectivity index (χ2n) is 6.01. The largest absolute Gasteiger partial charge is 0.459 e. The molecule has 0 aliphatic carbocycles. The number of carbonyl (C=O) groups excluding carboxylic acids is 2. The summed E-state index contributed by atoms with van der Waals surface area (Å²) >= 11 is 0. The molecule has 8 nitrogen and oxygen atoms in total. The number of amides is 2. The van der Waals surface area contributed by atoms with E-state index in [-0.39, 0.29) is 35.4 Å². The maximum Gasteiger partial charge on any atom is 0.286 e. The smallest absolute Gasteiger partial charge is 0.286 e. The number of hydrogen-bond donors (Lipinski definition) is 2. The second kappa shape index (κ2) is 9.33. The maximum atomic E-state index is 12.3. The van der Waals surface area contributed by atoms with Crippen molar-refractivity contribution >= 4 is 21.8 Å². The Balaban J connectivity index is 1.80. The number of benzene rings is 1. The van der Waals surface area contributed by atoms with Crippen molar-refractivity contribution in [3.8, 4) is 0 Å². The van der Waals surface area contributed by atoms with Gasteiger partial charge in [0.15, 0.2) is 5.76 Å². The summed E-state index contributed by atoms with van der Waals surface area (Å²) in [6.07, 6.45) is 2.08. The summed E-state index contributed by atoms with van der Waals surface area (Å²) < 4.78 is 30.8.